The number of nitrogens with one attached hydrogen (secondary N) is 2. The molecule has 0 aliphatic rings. The predicted molar refractivity (Wildman–Crippen MR) is 70.9 cm³/mol. The Kier molecular flexibility index (Phi) is 7.19. The Bertz CT molecular complexity index is 222. The first-order valence-electron chi connectivity index (χ1n) is 6.41. The fourth-order valence-electron chi connectivity index (χ4n) is 1.77. The minimum atomic E-state index is -0.214. The summed E-state index contributed by atoms with van der Waals surface area (Å²) in [6.07, 6.45) is 1.77. The number of aliphatic hydroxyl groups excluding tert-OH is 1. The maximum atomic E-state index is 11.6. The van der Waals surface area contributed by atoms with E-state index in [0.29, 0.717) is 18.4 Å². The van der Waals surface area contributed by atoms with E-state index in [1.165, 1.54) is 0 Å². The lowest BCUT2D eigenvalue weighted by Gasteiger charge is -2.23. The van der Waals surface area contributed by atoms with E-state index in [1.807, 2.05) is 20.8 Å². The van der Waals surface area contributed by atoms with Crippen LogP contribution in [0, 0.1) is 11.8 Å². The summed E-state index contributed by atoms with van der Waals surface area (Å²) in [5, 5.41) is 14.7. The molecular formula is C13H28N2O2. The SMILES string of the molecule is CC(C)CC(CCO)CNC(=O)NC(C)(C)C. The molecule has 17 heavy (non-hydrogen) atoms. The number of rotatable bonds is 6. The summed E-state index contributed by atoms with van der Waals surface area (Å²) in [5.74, 6) is 0.935. The van der Waals surface area contributed by atoms with Crippen LogP contribution in [-0.4, -0.2) is 29.8 Å². The van der Waals surface area contributed by atoms with E-state index in [4.69, 9.17) is 5.11 Å². The normalized spacial score (nSPS) is 13.6. The summed E-state index contributed by atoms with van der Waals surface area (Å²) < 4.78 is 0. The van der Waals surface area contributed by atoms with Crippen LogP contribution >= 0.6 is 0 Å². The van der Waals surface area contributed by atoms with Gasteiger partial charge in [0.25, 0.3) is 0 Å². The first-order valence-corrected chi connectivity index (χ1v) is 6.41. The third kappa shape index (κ3) is 10.1. The van der Waals surface area contributed by atoms with Gasteiger partial charge in [-0.25, -0.2) is 4.79 Å². The van der Waals surface area contributed by atoms with Crippen LogP contribution < -0.4 is 10.6 Å². The van der Waals surface area contributed by atoms with Gasteiger partial charge in [-0.1, -0.05) is 13.8 Å². The molecule has 2 amide bonds. The van der Waals surface area contributed by atoms with Crippen LogP contribution in [0.2, 0.25) is 0 Å². The van der Waals surface area contributed by atoms with Crippen LogP contribution in [0.4, 0.5) is 4.79 Å². The lowest BCUT2D eigenvalue weighted by molar-refractivity contribution is 0.219. The van der Waals surface area contributed by atoms with Crippen molar-refractivity contribution in [2.24, 2.45) is 11.8 Å². The minimum absolute atomic E-state index is 0.135. The zero-order chi connectivity index (χ0) is 13.5. The maximum absolute atomic E-state index is 11.6. The molecule has 1 atom stereocenters. The highest BCUT2D eigenvalue weighted by molar-refractivity contribution is 5.74. The van der Waals surface area contributed by atoms with Gasteiger partial charge in [-0.2, -0.15) is 0 Å². The lowest BCUT2D eigenvalue weighted by Crippen LogP contribution is -2.47. The van der Waals surface area contributed by atoms with Crippen molar-refractivity contribution in [2.75, 3.05) is 13.2 Å². The molecule has 0 fully saturated rings. The van der Waals surface area contributed by atoms with Crippen LogP contribution in [0.5, 0.6) is 0 Å². The molecule has 0 rings (SSSR count). The third-order valence-electron chi connectivity index (χ3n) is 2.38. The summed E-state index contributed by atoms with van der Waals surface area (Å²) in [6.45, 7) is 11.0. The van der Waals surface area contributed by atoms with Crippen molar-refractivity contribution in [3.8, 4) is 0 Å². The van der Waals surface area contributed by atoms with Crippen molar-refractivity contribution in [3.05, 3.63) is 0 Å². The van der Waals surface area contributed by atoms with Crippen LogP contribution in [0.3, 0.4) is 0 Å². The zero-order valence-electron chi connectivity index (χ0n) is 11.8. The molecule has 0 aromatic carbocycles. The molecule has 4 nitrogen and oxygen atoms in total. The van der Waals surface area contributed by atoms with Gasteiger partial charge in [0.2, 0.25) is 0 Å². The fourth-order valence-corrected chi connectivity index (χ4v) is 1.77. The van der Waals surface area contributed by atoms with Gasteiger partial charge in [-0.3, -0.25) is 0 Å². The summed E-state index contributed by atoms with van der Waals surface area (Å²) in [5.41, 5.74) is -0.214. The third-order valence-corrected chi connectivity index (χ3v) is 2.38. The quantitative estimate of drug-likeness (QED) is 0.670. The number of carbonyl (C=O) groups excluding carboxylic acids is 1. The van der Waals surface area contributed by atoms with E-state index in [2.05, 4.69) is 24.5 Å². The van der Waals surface area contributed by atoms with Gasteiger partial charge in [0, 0.05) is 18.7 Å². The Hall–Kier alpha value is -0.770. The minimum Gasteiger partial charge on any atom is -0.396 e. The smallest absolute Gasteiger partial charge is 0.315 e. The molecule has 0 spiro atoms. The first kappa shape index (κ1) is 16.2. The van der Waals surface area contributed by atoms with Gasteiger partial charge < -0.3 is 15.7 Å². The molecule has 0 aromatic heterocycles. The Labute approximate surface area is 105 Å². The second kappa shape index (κ2) is 7.54. The van der Waals surface area contributed by atoms with Crippen LogP contribution in [0.15, 0.2) is 0 Å². The fraction of sp³-hybridized carbons (Fsp3) is 0.923. The highest BCUT2D eigenvalue weighted by atomic mass is 16.3. The summed E-state index contributed by atoms with van der Waals surface area (Å²) in [7, 11) is 0. The van der Waals surface area contributed by atoms with E-state index in [1.54, 1.807) is 0 Å². The van der Waals surface area contributed by atoms with E-state index in [9.17, 15) is 4.79 Å². The Balaban J connectivity index is 3.99. The molecule has 0 saturated heterocycles. The number of aliphatic hydroxyl groups is 1. The molecule has 0 aromatic rings. The standard InChI is InChI=1S/C13H28N2O2/c1-10(2)8-11(6-7-16)9-14-12(17)15-13(3,4)5/h10-11,16H,6-9H2,1-5H3,(H2,14,15,17). The van der Waals surface area contributed by atoms with Gasteiger partial charge in [0.05, 0.1) is 0 Å². The number of urea groups is 1. The predicted octanol–water partition coefficient (Wildman–Crippen LogP) is 2.13. The molecule has 1 unspecified atom stereocenters. The van der Waals surface area contributed by atoms with Gasteiger partial charge in [-0.05, 0) is 45.4 Å². The monoisotopic (exact) mass is 244 g/mol. The van der Waals surface area contributed by atoms with Crippen molar-refractivity contribution in [3.63, 3.8) is 0 Å². The second-order valence-corrected chi connectivity index (χ2v) is 6.09. The van der Waals surface area contributed by atoms with Crippen LogP contribution in [0.1, 0.15) is 47.5 Å². The number of hydrogen-bond donors (Lipinski definition) is 3. The van der Waals surface area contributed by atoms with Crippen LogP contribution in [-0.2, 0) is 0 Å². The molecule has 3 N–H and O–H groups in total. The molecule has 0 aliphatic carbocycles. The van der Waals surface area contributed by atoms with Crippen molar-refractivity contribution < 1.29 is 9.90 Å². The van der Waals surface area contributed by atoms with Gasteiger partial charge in [0.15, 0.2) is 0 Å². The van der Waals surface area contributed by atoms with E-state index >= 15 is 0 Å². The Morgan fingerprint density at radius 3 is 2.29 bits per heavy atom. The van der Waals surface area contributed by atoms with Gasteiger partial charge >= 0.3 is 6.03 Å². The number of hydrogen-bond acceptors (Lipinski definition) is 2. The molecule has 0 aliphatic heterocycles. The lowest BCUT2D eigenvalue weighted by atomic mass is 9.94. The van der Waals surface area contributed by atoms with E-state index in [0.717, 1.165) is 12.8 Å². The molecule has 0 radical (unpaired) electrons. The highest BCUT2D eigenvalue weighted by Gasteiger charge is 2.15. The molecule has 102 valence electrons. The topological polar surface area (TPSA) is 61.4 Å². The van der Waals surface area contributed by atoms with Gasteiger partial charge in [0.1, 0.15) is 0 Å². The van der Waals surface area contributed by atoms with Crippen molar-refractivity contribution in [2.45, 2.75) is 53.0 Å². The molecular weight excluding hydrogens is 216 g/mol. The average molecular weight is 244 g/mol. The second-order valence-electron chi connectivity index (χ2n) is 6.09. The largest absolute Gasteiger partial charge is 0.396 e. The highest BCUT2D eigenvalue weighted by Crippen LogP contribution is 2.14. The molecule has 0 saturated carbocycles. The Morgan fingerprint density at radius 2 is 1.88 bits per heavy atom. The van der Waals surface area contributed by atoms with E-state index < -0.39 is 0 Å². The van der Waals surface area contributed by atoms with Crippen LogP contribution in [0.25, 0.3) is 0 Å². The Morgan fingerprint density at radius 1 is 1.29 bits per heavy atom. The summed E-state index contributed by atoms with van der Waals surface area (Å²) in [4.78, 5) is 11.6. The molecule has 4 heteroatoms. The number of carbonyl (C=O) groups is 1. The van der Waals surface area contributed by atoms with Crippen molar-refractivity contribution in [1.29, 1.82) is 0 Å². The summed E-state index contributed by atoms with van der Waals surface area (Å²) >= 11 is 0. The van der Waals surface area contributed by atoms with E-state index in [-0.39, 0.29) is 18.2 Å². The maximum Gasteiger partial charge on any atom is 0.315 e. The van der Waals surface area contributed by atoms with Gasteiger partial charge in [-0.15, -0.1) is 0 Å². The average Bonchev–Trinajstić information content (AvgIpc) is 2.11. The molecule has 0 bridgehead atoms. The summed E-state index contributed by atoms with van der Waals surface area (Å²) in [6, 6.07) is -0.135. The first-order chi connectivity index (χ1) is 7.74. The zero-order valence-corrected chi connectivity index (χ0v) is 11.8. The molecule has 0 heterocycles. The van der Waals surface area contributed by atoms with Crippen molar-refractivity contribution in [1.82, 2.24) is 10.6 Å². The number of amides is 2. The van der Waals surface area contributed by atoms with Crippen molar-refractivity contribution >= 4 is 6.03 Å².